The molecular weight excluding hydrogens is 971 g/mol. The van der Waals surface area contributed by atoms with Crippen LogP contribution < -0.4 is 0 Å². The van der Waals surface area contributed by atoms with Gasteiger partial charge < -0.3 is 4.57 Å². The Balaban J connectivity index is 1.01. The summed E-state index contributed by atoms with van der Waals surface area (Å²) >= 11 is 0. The normalized spacial score (nSPS) is 11.3. The van der Waals surface area contributed by atoms with Gasteiger partial charge in [-0.1, -0.05) is 188 Å². The molecule has 0 N–H and O–H groups in total. The van der Waals surface area contributed by atoms with E-state index in [1.807, 2.05) is 207 Å². The fourth-order valence-corrected chi connectivity index (χ4v) is 10.0. The second-order valence-electron chi connectivity index (χ2n) is 18.9. The van der Waals surface area contributed by atoms with Crippen LogP contribution in [-0.4, -0.2) is 54.4 Å². The fourth-order valence-electron chi connectivity index (χ4n) is 10.0. The summed E-state index contributed by atoms with van der Waals surface area (Å²) in [7, 11) is 0. The molecule has 0 amide bonds. The lowest BCUT2D eigenvalue weighted by Crippen LogP contribution is -2.02. The van der Waals surface area contributed by atoms with Gasteiger partial charge in [0, 0.05) is 78.9 Å². The Kier molecular flexibility index (Phi) is 11.9. The van der Waals surface area contributed by atoms with Crippen LogP contribution in [0.25, 0.3) is 141 Å². The molecule has 11 heteroatoms. The minimum absolute atomic E-state index is 0.531. The zero-order chi connectivity index (χ0) is 52.5. The van der Waals surface area contributed by atoms with Crippen LogP contribution in [0.3, 0.4) is 0 Å². The van der Waals surface area contributed by atoms with Gasteiger partial charge in [-0.15, -0.1) is 0 Å². The molecule has 0 bridgehead atoms. The first kappa shape index (κ1) is 46.5. The number of rotatable bonds is 11. The third-order valence-electron chi connectivity index (χ3n) is 13.9. The number of aromatic nitrogens is 11. The lowest BCUT2D eigenvalue weighted by atomic mass is 9.99. The van der Waals surface area contributed by atoms with Crippen molar-refractivity contribution in [2.75, 3.05) is 0 Å². The molecule has 0 saturated heterocycles. The van der Waals surface area contributed by atoms with Gasteiger partial charge in [-0.3, -0.25) is 4.98 Å². The predicted molar refractivity (Wildman–Crippen MR) is 313 cm³/mol. The van der Waals surface area contributed by atoms with E-state index in [4.69, 9.17) is 44.9 Å². The zero-order valence-electron chi connectivity index (χ0n) is 42.2. The van der Waals surface area contributed by atoms with E-state index in [0.717, 1.165) is 88.7 Å². The van der Waals surface area contributed by atoms with Gasteiger partial charge in [0.2, 0.25) is 0 Å². The lowest BCUT2D eigenvalue weighted by molar-refractivity contribution is 1.07. The maximum Gasteiger partial charge on any atom is 0.164 e. The smallest absolute Gasteiger partial charge is 0.164 e. The SMILES string of the molecule is c1ccc(-c2nc(-c3ccccc3)nc(-c3ccc4c(c3)c3cc(-c5nc(-c6ccccc6)nc(-c6ccccc6)n5)ccc3n4-c3ccc(-c4ccncc4)c(-c4nc(-c5ccccc5)nc(-c5ccccc5)n4)c3)n2)cc1. The molecule has 11 nitrogen and oxygen atoms in total. The quantitative estimate of drug-likeness (QED) is 0.123. The van der Waals surface area contributed by atoms with Crippen molar-refractivity contribution >= 4 is 21.8 Å². The molecule has 9 aromatic carbocycles. The Morgan fingerprint density at radius 3 is 0.848 bits per heavy atom. The first-order chi connectivity index (χ1) is 39.1. The van der Waals surface area contributed by atoms with Gasteiger partial charge in [-0.05, 0) is 71.8 Å². The van der Waals surface area contributed by atoms with Crippen molar-refractivity contribution in [3.05, 3.63) is 261 Å². The van der Waals surface area contributed by atoms with Crippen LogP contribution in [0.1, 0.15) is 0 Å². The predicted octanol–water partition coefficient (Wildman–Crippen LogP) is 15.4. The van der Waals surface area contributed by atoms with Crippen molar-refractivity contribution in [3.8, 4) is 119 Å². The Morgan fingerprint density at radius 1 is 0.215 bits per heavy atom. The summed E-state index contributed by atoms with van der Waals surface area (Å²) in [6, 6.07) is 83.6. The summed E-state index contributed by atoms with van der Waals surface area (Å²) in [5, 5.41) is 1.94. The molecule has 5 heterocycles. The molecule has 0 spiro atoms. The van der Waals surface area contributed by atoms with E-state index >= 15 is 0 Å². The minimum atomic E-state index is 0.531. The summed E-state index contributed by atoms with van der Waals surface area (Å²) in [4.78, 5) is 50.6. The third kappa shape index (κ3) is 9.13. The first-order valence-electron chi connectivity index (χ1n) is 25.9. The number of fused-ring (bicyclic) bond motifs is 3. The van der Waals surface area contributed by atoms with Crippen LogP contribution in [0, 0.1) is 0 Å². The topological polar surface area (TPSA) is 134 Å². The summed E-state index contributed by atoms with van der Waals surface area (Å²) in [5.41, 5.74) is 12.5. The number of hydrogen-bond acceptors (Lipinski definition) is 10. The highest BCUT2D eigenvalue weighted by Crippen LogP contribution is 2.40. The maximum absolute atomic E-state index is 5.25. The maximum atomic E-state index is 5.25. The number of nitrogens with zero attached hydrogens (tertiary/aromatic N) is 11. The Hall–Kier alpha value is -11.0. The van der Waals surface area contributed by atoms with E-state index in [9.17, 15) is 0 Å². The molecule has 14 aromatic rings. The Morgan fingerprint density at radius 2 is 0.519 bits per heavy atom. The summed E-state index contributed by atoms with van der Waals surface area (Å²) < 4.78 is 2.30. The van der Waals surface area contributed by atoms with Gasteiger partial charge in [-0.2, -0.15) is 0 Å². The molecule has 0 saturated carbocycles. The highest BCUT2D eigenvalue weighted by molar-refractivity contribution is 6.11. The molecule has 0 radical (unpaired) electrons. The van der Waals surface area contributed by atoms with Gasteiger partial charge in [0.25, 0.3) is 0 Å². The van der Waals surface area contributed by atoms with Gasteiger partial charge in [0.15, 0.2) is 52.4 Å². The molecule has 0 atom stereocenters. The molecule has 0 aliphatic carbocycles. The molecule has 370 valence electrons. The number of pyridine rings is 1. The Bertz CT molecular complexity index is 4150. The van der Waals surface area contributed by atoms with Crippen molar-refractivity contribution in [1.82, 2.24) is 54.4 Å². The van der Waals surface area contributed by atoms with Crippen LogP contribution in [0.15, 0.2) is 261 Å². The third-order valence-corrected chi connectivity index (χ3v) is 13.9. The molecule has 0 unspecified atom stereocenters. The van der Waals surface area contributed by atoms with Gasteiger partial charge in [0.05, 0.1) is 11.0 Å². The molecule has 79 heavy (non-hydrogen) atoms. The van der Waals surface area contributed by atoms with Crippen molar-refractivity contribution in [2.24, 2.45) is 0 Å². The van der Waals surface area contributed by atoms with Crippen molar-refractivity contribution in [1.29, 1.82) is 0 Å². The molecular formula is C68H43N11. The van der Waals surface area contributed by atoms with Gasteiger partial charge >= 0.3 is 0 Å². The number of hydrogen-bond donors (Lipinski definition) is 0. The second-order valence-corrected chi connectivity index (χ2v) is 18.9. The highest BCUT2D eigenvalue weighted by Gasteiger charge is 2.22. The molecule has 5 aromatic heterocycles. The van der Waals surface area contributed by atoms with E-state index in [1.54, 1.807) is 0 Å². The van der Waals surface area contributed by atoms with Crippen molar-refractivity contribution < 1.29 is 0 Å². The summed E-state index contributed by atoms with van der Waals surface area (Å²) in [6.45, 7) is 0. The second kappa shape index (κ2) is 20.2. The highest BCUT2D eigenvalue weighted by atomic mass is 15.1. The summed E-state index contributed by atoms with van der Waals surface area (Å²) in [5.74, 6) is 5.09. The van der Waals surface area contributed by atoms with Crippen LogP contribution >= 0.6 is 0 Å². The van der Waals surface area contributed by atoms with Crippen LogP contribution in [0.4, 0.5) is 0 Å². The Labute approximate surface area is 454 Å². The van der Waals surface area contributed by atoms with Gasteiger partial charge in [-0.25, -0.2) is 44.9 Å². The number of benzene rings is 9. The standard InChI is InChI=1S/C68H43N11/c1-7-19-45(20-8-1)60-70-61(46-21-9-2-10-22-46)74-66(73-60)51-31-35-58-55(41-51)56-42-52(67-75-62(47-23-11-3-12-24-47)71-63(76-67)48-25-13-4-14-26-48)32-36-59(56)79(58)53-33-34-54(44-37-39-69-40-38-44)57(43-53)68-77-64(49-27-15-5-16-28-49)72-65(78-68)50-29-17-6-18-30-50/h1-43H. The first-order valence-corrected chi connectivity index (χ1v) is 25.9. The molecule has 0 fully saturated rings. The van der Waals surface area contributed by atoms with Crippen molar-refractivity contribution in [3.63, 3.8) is 0 Å². The zero-order valence-corrected chi connectivity index (χ0v) is 42.2. The summed E-state index contributed by atoms with van der Waals surface area (Å²) in [6.07, 6.45) is 3.62. The monoisotopic (exact) mass is 1010 g/mol. The molecule has 0 aliphatic rings. The molecule has 14 rings (SSSR count). The van der Waals surface area contributed by atoms with E-state index in [2.05, 4.69) is 64.1 Å². The van der Waals surface area contributed by atoms with Crippen LogP contribution in [0.5, 0.6) is 0 Å². The largest absolute Gasteiger partial charge is 0.309 e. The average Bonchev–Trinajstić information content (AvgIpc) is 4.14. The van der Waals surface area contributed by atoms with Crippen molar-refractivity contribution in [2.45, 2.75) is 0 Å². The van der Waals surface area contributed by atoms with E-state index in [0.29, 0.717) is 52.4 Å². The van der Waals surface area contributed by atoms with Gasteiger partial charge in [0.1, 0.15) is 0 Å². The van der Waals surface area contributed by atoms with Crippen LogP contribution in [0.2, 0.25) is 0 Å². The lowest BCUT2D eigenvalue weighted by Gasteiger charge is -2.15. The van der Waals surface area contributed by atoms with Crippen LogP contribution in [-0.2, 0) is 0 Å². The van der Waals surface area contributed by atoms with E-state index in [-0.39, 0.29) is 0 Å². The molecule has 0 aliphatic heterocycles. The average molecular weight is 1010 g/mol. The van der Waals surface area contributed by atoms with E-state index < -0.39 is 0 Å². The van der Waals surface area contributed by atoms with E-state index in [1.165, 1.54) is 0 Å². The minimum Gasteiger partial charge on any atom is -0.309 e. The fraction of sp³-hybridized carbons (Fsp3) is 0.